The number of carbonyl (C=O) groups excluding carboxylic acids is 1. The fraction of sp³-hybridized carbons (Fsp3) is 0.200. The summed E-state index contributed by atoms with van der Waals surface area (Å²) in [6.45, 7) is 0.520. The molecular formula is C20H18BrFN2O. The zero-order valence-corrected chi connectivity index (χ0v) is 15.2. The molecule has 0 bridgehead atoms. The van der Waals surface area contributed by atoms with E-state index >= 15 is 0 Å². The number of benzene rings is 2. The molecule has 25 heavy (non-hydrogen) atoms. The second kappa shape index (κ2) is 8.21. The van der Waals surface area contributed by atoms with Gasteiger partial charge in [-0.1, -0.05) is 46.3 Å². The average molecular weight is 401 g/mol. The normalized spacial score (nSPS) is 10.8. The van der Waals surface area contributed by atoms with Gasteiger partial charge in [-0.3, -0.25) is 9.78 Å². The molecule has 5 heteroatoms. The molecule has 1 heterocycles. The molecule has 0 radical (unpaired) electrons. The van der Waals surface area contributed by atoms with Crippen molar-refractivity contribution in [3.63, 3.8) is 0 Å². The van der Waals surface area contributed by atoms with E-state index in [4.69, 9.17) is 0 Å². The molecule has 0 aliphatic carbocycles. The third-order valence-corrected chi connectivity index (χ3v) is 4.52. The molecule has 1 aromatic heterocycles. The first-order valence-electron chi connectivity index (χ1n) is 8.17. The van der Waals surface area contributed by atoms with Crippen LogP contribution >= 0.6 is 15.9 Å². The molecule has 0 aliphatic heterocycles. The minimum absolute atomic E-state index is 0.0468. The Labute approximate surface area is 154 Å². The minimum Gasteiger partial charge on any atom is -0.356 e. The minimum atomic E-state index is -0.220. The van der Waals surface area contributed by atoms with E-state index in [1.54, 1.807) is 12.3 Å². The maximum atomic E-state index is 13.7. The molecule has 3 nitrogen and oxygen atoms in total. The van der Waals surface area contributed by atoms with Gasteiger partial charge >= 0.3 is 0 Å². The lowest BCUT2D eigenvalue weighted by molar-refractivity contribution is -0.120. The van der Waals surface area contributed by atoms with Crippen molar-refractivity contribution >= 4 is 32.7 Å². The quantitative estimate of drug-likeness (QED) is 0.621. The monoisotopic (exact) mass is 400 g/mol. The number of aryl methyl sites for hydroxylation is 1. The highest BCUT2D eigenvalue weighted by molar-refractivity contribution is 9.10. The number of hydrogen-bond acceptors (Lipinski definition) is 2. The van der Waals surface area contributed by atoms with Gasteiger partial charge in [0.15, 0.2) is 0 Å². The number of rotatable bonds is 6. The third-order valence-electron chi connectivity index (χ3n) is 4.03. The number of para-hydroxylation sites is 1. The summed E-state index contributed by atoms with van der Waals surface area (Å²) in [4.78, 5) is 16.5. The first kappa shape index (κ1) is 17.5. The summed E-state index contributed by atoms with van der Waals surface area (Å²) >= 11 is 3.24. The maximum absolute atomic E-state index is 13.7. The van der Waals surface area contributed by atoms with E-state index in [0.717, 1.165) is 20.9 Å². The number of halogens is 2. The topological polar surface area (TPSA) is 42.0 Å². The predicted molar refractivity (Wildman–Crippen MR) is 101 cm³/mol. The molecule has 0 spiro atoms. The van der Waals surface area contributed by atoms with Crippen molar-refractivity contribution in [1.82, 2.24) is 10.3 Å². The average Bonchev–Trinajstić information content (AvgIpc) is 2.60. The van der Waals surface area contributed by atoms with Crippen LogP contribution in [0.5, 0.6) is 0 Å². The number of aromatic nitrogens is 1. The highest BCUT2D eigenvalue weighted by Gasteiger charge is 2.08. The van der Waals surface area contributed by atoms with Crippen LogP contribution in [0.1, 0.15) is 17.5 Å². The molecule has 0 unspecified atom stereocenters. The van der Waals surface area contributed by atoms with Crippen LogP contribution in [0.2, 0.25) is 0 Å². The number of nitrogens with one attached hydrogen (secondary N) is 1. The summed E-state index contributed by atoms with van der Waals surface area (Å²) in [6, 6.07) is 14.8. The van der Waals surface area contributed by atoms with E-state index in [-0.39, 0.29) is 11.7 Å². The zero-order chi connectivity index (χ0) is 17.6. The summed E-state index contributed by atoms with van der Waals surface area (Å²) < 4.78 is 14.5. The van der Waals surface area contributed by atoms with Gasteiger partial charge in [0.05, 0.1) is 11.9 Å². The van der Waals surface area contributed by atoms with Crippen LogP contribution in [0.3, 0.4) is 0 Å². The Morgan fingerprint density at radius 2 is 1.96 bits per heavy atom. The molecule has 0 fully saturated rings. The van der Waals surface area contributed by atoms with Crippen LogP contribution in [0, 0.1) is 5.82 Å². The number of nitrogens with zero attached hydrogens (tertiary/aromatic N) is 1. The van der Waals surface area contributed by atoms with Gasteiger partial charge < -0.3 is 5.32 Å². The summed E-state index contributed by atoms with van der Waals surface area (Å²) in [6.07, 6.45) is 3.31. The Morgan fingerprint density at radius 3 is 2.80 bits per heavy atom. The lowest BCUT2D eigenvalue weighted by Crippen LogP contribution is -2.26. The largest absolute Gasteiger partial charge is 0.356 e. The second-order valence-electron chi connectivity index (χ2n) is 5.86. The number of carbonyl (C=O) groups is 1. The Bertz CT molecular complexity index is 893. The van der Waals surface area contributed by atoms with E-state index < -0.39 is 0 Å². The van der Waals surface area contributed by atoms with Crippen molar-refractivity contribution < 1.29 is 9.18 Å². The SMILES string of the molecule is O=C(Cc1cccc2cccnc12)NCCCc1ccc(Br)cc1F. The molecule has 3 aromatic rings. The Morgan fingerprint density at radius 1 is 1.12 bits per heavy atom. The molecule has 2 aromatic carbocycles. The van der Waals surface area contributed by atoms with Crippen LogP contribution in [0.25, 0.3) is 10.9 Å². The summed E-state index contributed by atoms with van der Waals surface area (Å²) in [5.41, 5.74) is 2.43. The molecule has 0 saturated carbocycles. The fourth-order valence-corrected chi connectivity index (χ4v) is 3.11. The van der Waals surface area contributed by atoms with Crippen LogP contribution in [0.4, 0.5) is 4.39 Å². The van der Waals surface area contributed by atoms with E-state index in [0.29, 0.717) is 31.4 Å². The first-order valence-corrected chi connectivity index (χ1v) is 8.96. The van der Waals surface area contributed by atoms with Crippen molar-refractivity contribution in [3.8, 4) is 0 Å². The van der Waals surface area contributed by atoms with Crippen molar-refractivity contribution in [3.05, 3.63) is 76.1 Å². The van der Waals surface area contributed by atoms with Crippen molar-refractivity contribution in [1.29, 1.82) is 0 Å². The number of pyridine rings is 1. The maximum Gasteiger partial charge on any atom is 0.224 e. The molecule has 0 saturated heterocycles. The summed E-state index contributed by atoms with van der Waals surface area (Å²) in [7, 11) is 0. The van der Waals surface area contributed by atoms with Gasteiger partial charge in [0.25, 0.3) is 0 Å². The molecule has 3 rings (SSSR count). The highest BCUT2D eigenvalue weighted by atomic mass is 79.9. The number of hydrogen-bond donors (Lipinski definition) is 1. The van der Waals surface area contributed by atoms with Gasteiger partial charge in [-0.05, 0) is 42.2 Å². The van der Waals surface area contributed by atoms with Crippen molar-refractivity contribution in [2.45, 2.75) is 19.3 Å². The Hall–Kier alpha value is -2.27. The molecule has 0 aliphatic rings. The lowest BCUT2D eigenvalue weighted by atomic mass is 10.1. The highest BCUT2D eigenvalue weighted by Crippen LogP contribution is 2.17. The van der Waals surface area contributed by atoms with Gasteiger partial charge in [-0.25, -0.2) is 4.39 Å². The molecule has 0 atom stereocenters. The van der Waals surface area contributed by atoms with Crippen LogP contribution in [-0.4, -0.2) is 17.4 Å². The van der Waals surface area contributed by atoms with Gasteiger partial charge in [-0.2, -0.15) is 0 Å². The number of fused-ring (bicyclic) bond motifs is 1. The molecular weight excluding hydrogens is 383 g/mol. The van der Waals surface area contributed by atoms with Crippen LogP contribution < -0.4 is 5.32 Å². The summed E-state index contributed by atoms with van der Waals surface area (Å²) in [5, 5.41) is 3.92. The summed E-state index contributed by atoms with van der Waals surface area (Å²) in [5.74, 6) is -0.267. The predicted octanol–water partition coefficient (Wildman–Crippen LogP) is 4.43. The Kier molecular flexibility index (Phi) is 5.76. The smallest absolute Gasteiger partial charge is 0.224 e. The van der Waals surface area contributed by atoms with E-state index in [2.05, 4.69) is 26.2 Å². The van der Waals surface area contributed by atoms with Crippen LogP contribution in [-0.2, 0) is 17.6 Å². The van der Waals surface area contributed by atoms with Gasteiger partial charge in [0.1, 0.15) is 5.82 Å². The van der Waals surface area contributed by atoms with Gasteiger partial charge in [0.2, 0.25) is 5.91 Å². The van der Waals surface area contributed by atoms with Crippen molar-refractivity contribution in [2.75, 3.05) is 6.54 Å². The first-order chi connectivity index (χ1) is 12.1. The molecule has 128 valence electrons. The second-order valence-corrected chi connectivity index (χ2v) is 6.77. The standard InChI is InChI=1S/C20H18BrFN2O/c21-17-9-8-14(18(22)13-17)6-2-10-23-19(25)12-16-5-1-4-15-7-3-11-24-20(15)16/h1,3-5,7-9,11,13H,2,6,10,12H2,(H,23,25). The Balaban J connectivity index is 1.51. The van der Waals surface area contributed by atoms with Gasteiger partial charge in [-0.15, -0.1) is 0 Å². The van der Waals surface area contributed by atoms with Crippen LogP contribution in [0.15, 0.2) is 59.2 Å². The molecule has 1 N–H and O–H groups in total. The van der Waals surface area contributed by atoms with Crippen molar-refractivity contribution in [2.24, 2.45) is 0 Å². The molecule has 1 amide bonds. The zero-order valence-electron chi connectivity index (χ0n) is 13.6. The van der Waals surface area contributed by atoms with E-state index in [1.807, 2.05) is 36.4 Å². The third kappa shape index (κ3) is 4.63. The van der Waals surface area contributed by atoms with Gasteiger partial charge in [0, 0.05) is 22.6 Å². The van der Waals surface area contributed by atoms with E-state index in [1.165, 1.54) is 6.07 Å². The number of amides is 1. The lowest BCUT2D eigenvalue weighted by Gasteiger charge is -2.08. The van der Waals surface area contributed by atoms with E-state index in [9.17, 15) is 9.18 Å². The fourth-order valence-electron chi connectivity index (χ4n) is 2.78.